The van der Waals surface area contributed by atoms with Gasteiger partial charge in [0.05, 0.1) is 10.6 Å². The molecule has 0 aliphatic heterocycles. The van der Waals surface area contributed by atoms with Crippen LogP contribution in [-0.4, -0.2) is 0 Å². The van der Waals surface area contributed by atoms with Crippen LogP contribution in [0.2, 0.25) is 10.0 Å². The summed E-state index contributed by atoms with van der Waals surface area (Å²) in [5, 5.41) is 0.135. The lowest BCUT2D eigenvalue weighted by Gasteiger charge is -2.11. The summed E-state index contributed by atoms with van der Waals surface area (Å²) in [5.41, 5.74) is -1.73. The molecule has 0 bridgehead atoms. The Bertz CT molecular complexity index is 639. The third kappa shape index (κ3) is 2.30. The molecule has 0 nitrogen and oxygen atoms in total. The van der Waals surface area contributed by atoms with Crippen molar-refractivity contribution in [3.8, 4) is 11.1 Å². The molecule has 0 unspecified atom stereocenters. The first kappa shape index (κ1) is 14.2. The van der Waals surface area contributed by atoms with Crippen LogP contribution < -0.4 is 0 Å². The Kier molecular flexibility index (Phi) is 3.74. The van der Waals surface area contributed by atoms with Crippen LogP contribution >= 0.6 is 23.2 Å². The van der Waals surface area contributed by atoms with Gasteiger partial charge in [-0.2, -0.15) is 0 Å². The highest BCUT2D eigenvalue weighted by atomic mass is 35.5. The predicted molar refractivity (Wildman–Crippen MR) is 66.5 cm³/mol. The van der Waals surface area contributed by atoms with Gasteiger partial charge in [0.2, 0.25) is 0 Å². The van der Waals surface area contributed by atoms with Gasteiger partial charge in [-0.05, 0) is 19.1 Å². The van der Waals surface area contributed by atoms with Crippen LogP contribution in [0.4, 0.5) is 17.6 Å². The molecule has 0 aromatic heterocycles. The van der Waals surface area contributed by atoms with Crippen LogP contribution in [0.15, 0.2) is 18.2 Å². The van der Waals surface area contributed by atoms with E-state index in [9.17, 15) is 17.6 Å². The Morgan fingerprint density at radius 1 is 0.842 bits per heavy atom. The molecule has 0 aliphatic carbocycles. The molecule has 2 rings (SSSR count). The normalized spacial score (nSPS) is 10.9. The first-order chi connectivity index (χ1) is 8.84. The van der Waals surface area contributed by atoms with Crippen molar-refractivity contribution in [2.24, 2.45) is 0 Å². The van der Waals surface area contributed by atoms with Crippen LogP contribution in [0.3, 0.4) is 0 Å². The molecule has 0 spiro atoms. The minimum absolute atomic E-state index is 0.104. The summed E-state index contributed by atoms with van der Waals surface area (Å²) in [5.74, 6) is -5.86. The van der Waals surface area contributed by atoms with E-state index in [0.717, 1.165) is 6.92 Å². The molecule has 2 aromatic rings. The van der Waals surface area contributed by atoms with E-state index in [2.05, 4.69) is 0 Å². The maximum atomic E-state index is 13.8. The standard InChI is InChI=1S/C13H6Cl2F4/c1-5-10(16)12(18)9(13(19)11(5)17)7-3-2-6(14)4-8(7)15/h2-4H,1H3. The highest BCUT2D eigenvalue weighted by Gasteiger charge is 2.25. The first-order valence-corrected chi connectivity index (χ1v) is 5.88. The molecule has 0 radical (unpaired) electrons. The van der Waals surface area contributed by atoms with Crippen molar-refractivity contribution in [3.05, 3.63) is 57.1 Å². The second-order valence-electron chi connectivity index (χ2n) is 3.88. The van der Waals surface area contributed by atoms with E-state index in [1.165, 1.54) is 18.2 Å². The van der Waals surface area contributed by atoms with Crippen molar-refractivity contribution in [1.29, 1.82) is 0 Å². The minimum Gasteiger partial charge on any atom is -0.203 e. The molecular weight excluding hydrogens is 303 g/mol. The van der Waals surface area contributed by atoms with Gasteiger partial charge in [0, 0.05) is 16.1 Å². The van der Waals surface area contributed by atoms with Gasteiger partial charge in [0.25, 0.3) is 0 Å². The summed E-state index contributed by atoms with van der Waals surface area (Å²) in [6.07, 6.45) is 0. The van der Waals surface area contributed by atoms with Crippen LogP contribution in [0.5, 0.6) is 0 Å². The highest BCUT2D eigenvalue weighted by molar-refractivity contribution is 6.36. The Morgan fingerprint density at radius 2 is 1.37 bits per heavy atom. The van der Waals surface area contributed by atoms with Crippen molar-refractivity contribution in [3.63, 3.8) is 0 Å². The minimum atomic E-state index is -1.49. The predicted octanol–water partition coefficient (Wildman–Crippen LogP) is 5.53. The second kappa shape index (κ2) is 5.02. The van der Waals surface area contributed by atoms with Crippen molar-refractivity contribution in [1.82, 2.24) is 0 Å². The molecule has 0 aliphatic rings. The summed E-state index contributed by atoms with van der Waals surface area (Å²) in [6, 6.07) is 3.74. The summed E-state index contributed by atoms with van der Waals surface area (Å²) in [4.78, 5) is 0. The van der Waals surface area contributed by atoms with Crippen molar-refractivity contribution < 1.29 is 17.6 Å². The lowest BCUT2D eigenvalue weighted by atomic mass is 10.0. The third-order valence-corrected chi connectivity index (χ3v) is 3.23. The number of halogens is 6. The quantitative estimate of drug-likeness (QED) is 0.480. The molecule has 0 saturated carbocycles. The van der Waals surface area contributed by atoms with E-state index in [4.69, 9.17) is 23.2 Å². The Balaban J connectivity index is 2.83. The van der Waals surface area contributed by atoms with E-state index in [1.54, 1.807) is 0 Å². The maximum Gasteiger partial charge on any atom is 0.170 e. The molecule has 6 heteroatoms. The highest BCUT2D eigenvalue weighted by Crippen LogP contribution is 2.36. The monoisotopic (exact) mass is 308 g/mol. The summed E-state index contributed by atoms with van der Waals surface area (Å²) in [6.45, 7) is 0.948. The van der Waals surface area contributed by atoms with E-state index < -0.39 is 34.4 Å². The Morgan fingerprint density at radius 3 is 1.84 bits per heavy atom. The van der Waals surface area contributed by atoms with Gasteiger partial charge in [-0.1, -0.05) is 29.3 Å². The van der Waals surface area contributed by atoms with Gasteiger partial charge >= 0.3 is 0 Å². The SMILES string of the molecule is Cc1c(F)c(F)c(-c2ccc(Cl)cc2Cl)c(F)c1F. The largest absolute Gasteiger partial charge is 0.203 e. The zero-order valence-electron chi connectivity index (χ0n) is 9.50. The topological polar surface area (TPSA) is 0 Å². The van der Waals surface area contributed by atoms with Crippen molar-refractivity contribution >= 4 is 23.2 Å². The third-order valence-electron chi connectivity index (χ3n) is 2.68. The fourth-order valence-electron chi connectivity index (χ4n) is 1.67. The molecule has 0 fully saturated rings. The van der Waals surface area contributed by atoms with E-state index in [0.29, 0.717) is 0 Å². The van der Waals surface area contributed by atoms with Crippen LogP contribution in [0, 0.1) is 30.2 Å². The average Bonchev–Trinajstić information content (AvgIpc) is 2.37. The van der Waals surface area contributed by atoms with Gasteiger partial charge in [-0.15, -0.1) is 0 Å². The van der Waals surface area contributed by atoms with Crippen molar-refractivity contribution in [2.45, 2.75) is 6.92 Å². The van der Waals surface area contributed by atoms with Gasteiger partial charge < -0.3 is 0 Å². The molecule has 0 heterocycles. The Labute approximate surface area is 116 Å². The zero-order chi connectivity index (χ0) is 14.3. The van der Waals surface area contributed by atoms with E-state index >= 15 is 0 Å². The van der Waals surface area contributed by atoms with Crippen LogP contribution in [0.25, 0.3) is 11.1 Å². The number of rotatable bonds is 1. The van der Waals surface area contributed by atoms with E-state index in [1.807, 2.05) is 0 Å². The Hall–Kier alpha value is -1.26. The van der Waals surface area contributed by atoms with Crippen molar-refractivity contribution in [2.75, 3.05) is 0 Å². The fourth-order valence-corrected chi connectivity index (χ4v) is 2.17. The number of hydrogen-bond acceptors (Lipinski definition) is 0. The fraction of sp³-hybridized carbons (Fsp3) is 0.0769. The molecular formula is C13H6Cl2F4. The molecule has 0 N–H and O–H groups in total. The lowest BCUT2D eigenvalue weighted by Crippen LogP contribution is -2.03. The summed E-state index contributed by atoms with van der Waals surface area (Å²) in [7, 11) is 0. The summed E-state index contributed by atoms with van der Waals surface area (Å²) >= 11 is 11.4. The molecule has 2 aromatic carbocycles. The molecule has 0 atom stereocenters. The van der Waals surface area contributed by atoms with Crippen LogP contribution in [0.1, 0.15) is 5.56 Å². The van der Waals surface area contributed by atoms with Gasteiger partial charge in [-0.25, -0.2) is 17.6 Å². The summed E-state index contributed by atoms with van der Waals surface area (Å²) < 4.78 is 54.5. The lowest BCUT2D eigenvalue weighted by molar-refractivity contribution is 0.449. The van der Waals surface area contributed by atoms with E-state index in [-0.39, 0.29) is 15.6 Å². The zero-order valence-corrected chi connectivity index (χ0v) is 11.0. The van der Waals surface area contributed by atoms with Gasteiger partial charge in [0.1, 0.15) is 0 Å². The first-order valence-electron chi connectivity index (χ1n) is 5.12. The van der Waals surface area contributed by atoms with Gasteiger partial charge in [-0.3, -0.25) is 0 Å². The van der Waals surface area contributed by atoms with Gasteiger partial charge in [0.15, 0.2) is 23.3 Å². The smallest absolute Gasteiger partial charge is 0.170 e. The molecule has 0 saturated heterocycles. The molecule has 19 heavy (non-hydrogen) atoms. The average molecular weight is 309 g/mol. The second-order valence-corrected chi connectivity index (χ2v) is 4.72. The van der Waals surface area contributed by atoms with Crippen LogP contribution in [-0.2, 0) is 0 Å². The number of benzene rings is 2. The molecule has 100 valence electrons. The number of hydrogen-bond donors (Lipinski definition) is 0. The maximum absolute atomic E-state index is 13.8. The molecule has 0 amide bonds.